The first kappa shape index (κ1) is 19.1. The summed E-state index contributed by atoms with van der Waals surface area (Å²) in [6, 6.07) is 8.62. The van der Waals surface area contributed by atoms with Gasteiger partial charge >= 0.3 is 6.18 Å². The van der Waals surface area contributed by atoms with E-state index in [4.69, 9.17) is 0 Å². The number of aromatic nitrogens is 3. The minimum absolute atomic E-state index is 0.0361. The topological polar surface area (TPSA) is 64.8 Å². The highest BCUT2D eigenvalue weighted by Gasteiger charge is 2.40. The molecule has 3 aromatic rings. The van der Waals surface area contributed by atoms with Crippen LogP contribution >= 0.6 is 0 Å². The summed E-state index contributed by atoms with van der Waals surface area (Å²) in [5, 5.41) is 4.16. The first-order chi connectivity index (χ1) is 12.6. The fourth-order valence-electron chi connectivity index (χ4n) is 2.83. The summed E-state index contributed by atoms with van der Waals surface area (Å²) in [6.07, 6.45) is -0.713. The maximum Gasteiger partial charge on any atom is 0.433 e. The molecule has 0 saturated heterocycles. The van der Waals surface area contributed by atoms with Crippen LogP contribution in [0.15, 0.2) is 53.7 Å². The number of hydrogen-bond donors (Lipinski definition) is 0. The van der Waals surface area contributed by atoms with E-state index < -0.39 is 21.7 Å². The Labute approximate surface area is 154 Å². The van der Waals surface area contributed by atoms with Crippen LogP contribution in [0.3, 0.4) is 0 Å². The van der Waals surface area contributed by atoms with Gasteiger partial charge < -0.3 is 0 Å². The number of alkyl halides is 3. The molecular formula is C18H16F3N3O2S. The molecule has 27 heavy (non-hydrogen) atoms. The normalized spacial score (nSPS) is 12.3. The highest BCUT2D eigenvalue weighted by atomic mass is 32.2. The summed E-state index contributed by atoms with van der Waals surface area (Å²) in [5.41, 5.74) is -0.0428. The van der Waals surface area contributed by atoms with Crippen LogP contribution in [0.25, 0.3) is 22.4 Å². The van der Waals surface area contributed by atoms with Gasteiger partial charge in [0, 0.05) is 36.3 Å². The quantitative estimate of drug-likeness (QED) is 0.668. The number of pyridine rings is 1. The smallest absolute Gasteiger partial charge is 0.265 e. The molecule has 0 aliphatic carbocycles. The third-order valence-corrected chi connectivity index (χ3v) is 5.17. The number of sulfone groups is 1. The maximum atomic E-state index is 13.8. The standard InChI is InChI=1S/C18H16F3N3O2S/c1-3-24-17(18(19,20)21)15(12-8-10-22-11-9-12)16(23-24)13-4-6-14(7-5-13)27(2,25)26/h4-11H,3H2,1-2H3. The molecule has 3 rings (SSSR count). The number of halogens is 3. The van der Waals surface area contributed by atoms with Crippen molar-refractivity contribution in [3.8, 4) is 22.4 Å². The van der Waals surface area contributed by atoms with E-state index in [1.54, 1.807) is 6.92 Å². The van der Waals surface area contributed by atoms with E-state index in [9.17, 15) is 21.6 Å². The number of hydrogen-bond acceptors (Lipinski definition) is 4. The zero-order valence-corrected chi connectivity index (χ0v) is 15.3. The van der Waals surface area contributed by atoms with Crippen LogP contribution < -0.4 is 0 Å². The average Bonchev–Trinajstić information content (AvgIpc) is 3.02. The van der Waals surface area contributed by atoms with Gasteiger partial charge in [0.2, 0.25) is 0 Å². The first-order valence-corrected chi connectivity index (χ1v) is 9.91. The zero-order chi connectivity index (χ0) is 19.8. The molecule has 0 unspecified atom stereocenters. The Bertz CT molecular complexity index is 1060. The van der Waals surface area contributed by atoms with Crippen molar-refractivity contribution in [2.75, 3.05) is 6.26 Å². The second kappa shape index (κ2) is 6.80. The van der Waals surface area contributed by atoms with E-state index in [2.05, 4.69) is 10.1 Å². The molecule has 0 amide bonds. The molecular weight excluding hydrogens is 379 g/mol. The third-order valence-electron chi connectivity index (χ3n) is 4.05. The van der Waals surface area contributed by atoms with Gasteiger partial charge in [-0.1, -0.05) is 12.1 Å². The molecule has 1 aromatic carbocycles. The lowest BCUT2D eigenvalue weighted by molar-refractivity contribution is -0.143. The van der Waals surface area contributed by atoms with Crippen LogP contribution in [0.5, 0.6) is 0 Å². The largest absolute Gasteiger partial charge is 0.433 e. The molecule has 0 radical (unpaired) electrons. The van der Waals surface area contributed by atoms with Gasteiger partial charge in [-0.15, -0.1) is 0 Å². The van der Waals surface area contributed by atoms with E-state index in [0.29, 0.717) is 11.1 Å². The summed E-state index contributed by atoms with van der Waals surface area (Å²) in [5.74, 6) is 0. The van der Waals surface area contributed by atoms with E-state index >= 15 is 0 Å². The number of benzene rings is 1. The lowest BCUT2D eigenvalue weighted by Gasteiger charge is -2.12. The van der Waals surface area contributed by atoms with Gasteiger partial charge in [-0.2, -0.15) is 18.3 Å². The fourth-order valence-corrected chi connectivity index (χ4v) is 3.46. The van der Waals surface area contributed by atoms with E-state index in [-0.39, 0.29) is 22.7 Å². The van der Waals surface area contributed by atoms with Crippen molar-refractivity contribution in [3.63, 3.8) is 0 Å². The summed E-state index contributed by atoms with van der Waals surface area (Å²) in [4.78, 5) is 3.94. The maximum absolute atomic E-state index is 13.8. The van der Waals surface area contributed by atoms with Crippen molar-refractivity contribution >= 4 is 9.84 Å². The molecule has 0 fully saturated rings. The zero-order valence-electron chi connectivity index (χ0n) is 14.5. The Kier molecular flexibility index (Phi) is 4.81. The lowest BCUT2D eigenvalue weighted by Crippen LogP contribution is -2.14. The van der Waals surface area contributed by atoms with Crippen LogP contribution in [-0.4, -0.2) is 29.4 Å². The van der Waals surface area contributed by atoms with Crippen molar-refractivity contribution in [1.29, 1.82) is 0 Å². The molecule has 5 nitrogen and oxygen atoms in total. The van der Waals surface area contributed by atoms with Crippen LogP contribution in [0.1, 0.15) is 12.6 Å². The van der Waals surface area contributed by atoms with Gasteiger partial charge in [0.25, 0.3) is 0 Å². The summed E-state index contributed by atoms with van der Waals surface area (Å²) >= 11 is 0. The Hall–Kier alpha value is -2.68. The molecule has 0 N–H and O–H groups in total. The van der Waals surface area contributed by atoms with Gasteiger partial charge in [-0.05, 0) is 36.8 Å². The van der Waals surface area contributed by atoms with Gasteiger partial charge in [0.1, 0.15) is 5.69 Å². The van der Waals surface area contributed by atoms with Crippen LogP contribution in [0.4, 0.5) is 13.2 Å². The first-order valence-electron chi connectivity index (χ1n) is 8.01. The predicted molar refractivity (Wildman–Crippen MR) is 94.7 cm³/mol. The van der Waals surface area contributed by atoms with Gasteiger partial charge in [-0.3, -0.25) is 9.67 Å². The second-order valence-corrected chi connectivity index (χ2v) is 7.93. The number of rotatable bonds is 4. The Morgan fingerprint density at radius 3 is 2.07 bits per heavy atom. The molecule has 142 valence electrons. The molecule has 2 heterocycles. The Morgan fingerprint density at radius 1 is 1.00 bits per heavy atom. The van der Waals surface area contributed by atoms with Crippen molar-refractivity contribution in [2.45, 2.75) is 24.5 Å². The van der Waals surface area contributed by atoms with Crippen molar-refractivity contribution in [3.05, 3.63) is 54.5 Å². The molecule has 0 bridgehead atoms. The monoisotopic (exact) mass is 395 g/mol. The van der Waals surface area contributed by atoms with Crippen LogP contribution in [0, 0.1) is 0 Å². The summed E-state index contributed by atoms with van der Waals surface area (Å²) < 4.78 is 65.5. The molecule has 0 atom stereocenters. The molecule has 0 aliphatic heterocycles. The van der Waals surface area contributed by atoms with Crippen molar-refractivity contribution < 1.29 is 21.6 Å². The van der Waals surface area contributed by atoms with E-state index in [0.717, 1.165) is 10.9 Å². The SMILES string of the molecule is CCn1nc(-c2ccc(S(C)(=O)=O)cc2)c(-c2ccncc2)c1C(F)(F)F. The lowest BCUT2D eigenvalue weighted by atomic mass is 9.99. The number of aryl methyl sites for hydroxylation is 1. The summed E-state index contributed by atoms with van der Waals surface area (Å²) in [6.45, 7) is 1.61. The number of nitrogens with zero attached hydrogens (tertiary/aromatic N) is 3. The molecule has 0 saturated carbocycles. The Morgan fingerprint density at radius 2 is 1.59 bits per heavy atom. The van der Waals surface area contributed by atoms with E-state index in [1.807, 2.05) is 0 Å². The molecule has 2 aromatic heterocycles. The van der Waals surface area contributed by atoms with Gasteiger partial charge in [0.15, 0.2) is 15.5 Å². The van der Waals surface area contributed by atoms with Gasteiger partial charge in [-0.25, -0.2) is 8.42 Å². The van der Waals surface area contributed by atoms with Crippen LogP contribution in [0.2, 0.25) is 0 Å². The fraction of sp³-hybridized carbons (Fsp3) is 0.222. The van der Waals surface area contributed by atoms with Crippen molar-refractivity contribution in [1.82, 2.24) is 14.8 Å². The molecule has 0 spiro atoms. The highest BCUT2D eigenvalue weighted by Crippen LogP contribution is 2.42. The van der Waals surface area contributed by atoms with Crippen LogP contribution in [-0.2, 0) is 22.6 Å². The summed E-state index contributed by atoms with van der Waals surface area (Å²) in [7, 11) is -3.41. The third kappa shape index (κ3) is 3.73. The minimum Gasteiger partial charge on any atom is -0.265 e. The van der Waals surface area contributed by atoms with E-state index in [1.165, 1.54) is 48.8 Å². The Balaban J connectivity index is 2.29. The molecule has 0 aliphatic rings. The van der Waals surface area contributed by atoms with Gasteiger partial charge in [0.05, 0.1) is 4.90 Å². The molecule has 9 heteroatoms. The second-order valence-electron chi connectivity index (χ2n) is 5.92. The minimum atomic E-state index is -4.60. The average molecular weight is 395 g/mol. The predicted octanol–water partition coefficient (Wildman–Crippen LogP) is 4.05. The highest BCUT2D eigenvalue weighted by molar-refractivity contribution is 7.90. The van der Waals surface area contributed by atoms with Crippen molar-refractivity contribution in [2.24, 2.45) is 0 Å².